The average molecular weight is 271 g/mol. The summed E-state index contributed by atoms with van der Waals surface area (Å²) in [6.07, 6.45) is 0. The molecule has 0 saturated heterocycles. The molecule has 6 heteroatoms. The van der Waals surface area contributed by atoms with Crippen molar-refractivity contribution in [2.24, 2.45) is 0 Å². The molecule has 0 aliphatic carbocycles. The summed E-state index contributed by atoms with van der Waals surface area (Å²) in [4.78, 5) is 27.8. The van der Waals surface area contributed by atoms with E-state index in [1.165, 1.54) is 13.1 Å². The fourth-order valence-corrected chi connectivity index (χ4v) is 1.65. The van der Waals surface area contributed by atoms with Gasteiger partial charge in [-0.2, -0.15) is 0 Å². The first kappa shape index (κ1) is 14.4. The maximum absolute atomic E-state index is 12.0. The van der Waals surface area contributed by atoms with Gasteiger partial charge in [0.05, 0.1) is 0 Å². The molecule has 1 amide bonds. The maximum Gasteiger partial charge on any atom is 0.323 e. The average Bonchev–Trinajstić information content (AvgIpc) is 2.26. The lowest BCUT2D eigenvalue weighted by atomic mass is 10.1. The summed E-state index contributed by atoms with van der Waals surface area (Å²) in [5.41, 5.74) is 1.05. The number of carbonyl (C=O) groups excluding carboxylic acids is 1. The third-order valence-corrected chi connectivity index (χ3v) is 2.57. The second-order valence-corrected chi connectivity index (χ2v) is 4.70. The smallest absolute Gasteiger partial charge is 0.323 e. The van der Waals surface area contributed by atoms with Gasteiger partial charge in [-0.25, -0.2) is 4.98 Å². The first-order valence-corrected chi connectivity index (χ1v) is 5.83. The minimum atomic E-state index is -1.06. The molecule has 0 spiro atoms. The number of aliphatic carboxylic acids is 1. The van der Waals surface area contributed by atoms with Crippen LogP contribution in [-0.4, -0.2) is 40.5 Å². The summed E-state index contributed by atoms with van der Waals surface area (Å²) in [5.74, 6) is -1.31. The minimum Gasteiger partial charge on any atom is -0.480 e. The molecule has 98 valence electrons. The number of amides is 1. The molecule has 0 saturated carbocycles. The number of nitrogens with zero attached hydrogens (tertiary/aromatic N) is 2. The van der Waals surface area contributed by atoms with Crippen molar-refractivity contribution in [3.05, 3.63) is 28.5 Å². The van der Waals surface area contributed by atoms with Crippen LogP contribution >= 0.6 is 11.6 Å². The van der Waals surface area contributed by atoms with Crippen molar-refractivity contribution in [1.29, 1.82) is 0 Å². The largest absolute Gasteiger partial charge is 0.480 e. The Morgan fingerprint density at radius 1 is 1.44 bits per heavy atom. The highest BCUT2D eigenvalue weighted by Gasteiger charge is 2.16. The lowest BCUT2D eigenvalue weighted by Gasteiger charge is -2.15. The van der Waals surface area contributed by atoms with Crippen molar-refractivity contribution in [2.75, 3.05) is 13.6 Å². The van der Waals surface area contributed by atoms with Crippen molar-refractivity contribution in [3.63, 3.8) is 0 Å². The standard InChI is InChI=1S/C12H15ClN2O3/c1-7(2)9-4-8(5-10(13)14-9)12(18)15(3)6-11(16)17/h4-5,7H,6H2,1-3H3,(H,16,17). The summed E-state index contributed by atoms with van der Waals surface area (Å²) >= 11 is 5.85. The van der Waals surface area contributed by atoms with Crippen LogP contribution in [0.4, 0.5) is 0 Å². The highest BCUT2D eigenvalue weighted by atomic mass is 35.5. The molecule has 1 N–H and O–H groups in total. The zero-order valence-electron chi connectivity index (χ0n) is 10.5. The van der Waals surface area contributed by atoms with Gasteiger partial charge in [-0.3, -0.25) is 9.59 Å². The second kappa shape index (κ2) is 5.82. The van der Waals surface area contributed by atoms with Crippen LogP contribution in [0.1, 0.15) is 35.8 Å². The maximum atomic E-state index is 12.0. The van der Waals surface area contributed by atoms with Crippen LogP contribution in [0.2, 0.25) is 5.15 Å². The van der Waals surface area contributed by atoms with E-state index < -0.39 is 5.97 Å². The predicted octanol–water partition coefficient (Wildman–Crippen LogP) is 2.02. The van der Waals surface area contributed by atoms with Gasteiger partial charge < -0.3 is 10.0 Å². The van der Waals surface area contributed by atoms with E-state index in [9.17, 15) is 9.59 Å². The van der Waals surface area contributed by atoms with Gasteiger partial charge in [0.25, 0.3) is 5.91 Å². The molecule has 1 heterocycles. The molecule has 0 aliphatic rings. The van der Waals surface area contributed by atoms with Crippen molar-refractivity contribution >= 4 is 23.5 Å². The molecular formula is C12H15ClN2O3. The third kappa shape index (κ3) is 3.70. The van der Waals surface area contributed by atoms with E-state index in [0.29, 0.717) is 11.3 Å². The quantitative estimate of drug-likeness (QED) is 0.850. The Labute approximate surface area is 110 Å². The number of aromatic nitrogens is 1. The molecule has 18 heavy (non-hydrogen) atoms. The summed E-state index contributed by atoms with van der Waals surface area (Å²) < 4.78 is 0. The molecular weight excluding hydrogens is 256 g/mol. The molecule has 1 rings (SSSR count). The van der Waals surface area contributed by atoms with Crippen molar-refractivity contribution in [3.8, 4) is 0 Å². The Bertz CT molecular complexity index is 474. The Hall–Kier alpha value is -1.62. The van der Waals surface area contributed by atoms with E-state index in [2.05, 4.69) is 4.98 Å². The number of carboxylic acids is 1. The van der Waals surface area contributed by atoms with Crippen molar-refractivity contribution < 1.29 is 14.7 Å². The Kier molecular flexibility index (Phi) is 4.67. The van der Waals surface area contributed by atoms with Crippen LogP contribution in [0.5, 0.6) is 0 Å². The molecule has 1 aromatic heterocycles. The monoisotopic (exact) mass is 270 g/mol. The van der Waals surface area contributed by atoms with Crippen LogP contribution in [0, 0.1) is 0 Å². The highest BCUT2D eigenvalue weighted by Crippen LogP contribution is 2.18. The Balaban J connectivity index is 3.02. The van der Waals surface area contributed by atoms with Gasteiger partial charge in [0.2, 0.25) is 0 Å². The lowest BCUT2D eigenvalue weighted by Crippen LogP contribution is -2.32. The van der Waals surface area contributed by atoms with Gasteiger partial charge in [0.1, 0.15) is 11.7 Å². The molecule has 0 unspecified atom stereocenters. The van der Waals surface area contributed by atoms with Gasteiger partial charge in [-0.15, -0.1) is 0 Å². The summed E-state index contributed by atoms with van der Waals surface area (Å²) in [6, 6.07) is 3.07. The fourth-order valence-electron chi connectivity index (χ4n) is 1.43. The Morgan fingerprint density at radius 2 is 2.06 bits per heavy atom. The zero-order chi connectivity index (χ0) is 13.9. The van der Waals surface area contributed by atoms with E-state index in [1.54, 1.807) is 6.07 Å². The van der Waals surface area contributed by atoms with Gasteiger partial charge >= 0.3 is 5.97 Å². The number of rotatable bonds is 4. The molecule has 0 fully saturated rings. The molecule has 1 aromatic rings. The number of pyridine rings is 1. The molecule has 5 nitrogen and oxygen atoms in total. The SMILES string of the molecule is CC(C)c1cc(C(=O)N(C)CC(=O)O)cc(Cl)n1. The summed E-state index contributed by atoms with van der Waals surface area (Å²) in [5, 5.41) is 8.87. The topological polar surface area (TPSA) is 70.5 Å². The third-order valence-electron chi connectivity index (χ3n) is 2.37. The first-order chi connectivity index (χ1) is 8.31. The van der Waals surface area contributed by atoms with E-state index in [0.717, 1.165) is 4.90 Å². The van der Waals surface area contributed by atoms with E-state index in [4.69, 9.17) is 16.7 Å². The molecule has 0 radical (unpaired) electrons. The number of carboxylic acid groups (broad SMARTS) is 1. The zero-order valence-corrected chi connectivity index (χ0v) is 11.2. The van der Waals surface area contributed by atoms with Crippen LogP contribution in [0.3, 0.4) is 0 Å². The van der Waals surface area contributed by atoms with Gasteiger partial charge in [-0.05, 0) is 18.1 Å². The van der Waals surface area contributed by atoms with E-state index >= 15 is 0 Å². The minimum absolute atomic E-state index is 0.139. The fraction of sp³-hybridized carbons (Fsp3) is 0.417. The van der Waals surface area contributed by atoms with Crippen molar-refractivity contribution in [1.82, 2.24) is 9.88 Å². The number of carbonyl (C=O) groups is 2. The predicted molar refractivity (Wildman–Crippen MR) is 67.9 cm³/mol. The van der Waals surface area contributed by atoms with Crippen LogP contribution < -0.4 is 0 Å². The summed E-state index contributed by atoms with van der Waals surface area (Å²) in [7, 11) is 1.43. The van der Waals surface area contributed by atoms with Crippen molar-refractivity contribution in [2.45, 2.75) is 19.8 Å². The van der Waals surface area contributed by atoms with Crippen LogP contribution in [-0.2, 0) is 4.79 Å². The number of hydrogen-bond acceptors (Lipinski definition) is 3. The van der Waals surface area contributed by atoms with Crippen LogP contribution in [0.25, 0.3) is 0 Å². The van der Waals surface area contributed by atoms with Gasteiger partial charge in [-0.1, -0.05) is 25.4 Å². The lowest BCUT2D eigenvalue weighted by molar-refractivity contribution is -0.137. The van der Waals surface area contributed by atoms with E-state index in [1.807, 2.05) is 13.8 Å². The molecule has 0 bridgehead atoms. The number of hydrogen-bond donors (Lipinski definition) is 1. The second-order valence-electron chi connectivity index (χ2n) is 4.31. The number of halogens is 1. The van der Waals surface area contributed by atoms with Gasteiger partial charge in [0, 0.05) is 18.3 Å². The van der Waals surface area contributed by atoms with Gasteiger partial charge in [0.15, 0.2) is 0 Å². The summed E-state index contributed by atoms with van der Waals surface area (Å²) in [6.45, 7) is 3.53. The molecule has 0 aliphatic heterocycles. The normalized spacial score (nSPS) is 10.5. The van der Waals surface area contributed by atoms with Crippen LogP contribution in [0.15, 0.2) is 12.1 Å². The Morgan fingerprint density at radius 3 is 2.56 bits per heavy atom. The highest BCUT2D eigenvalue weighted by molar-refractivity contribution is 6.29. The molecule has 0 aromatic carbocycles. The van der Waals surface area contributed by atoms with E-state index in [-0.39, 0.29) is 23.5 Å². The number of likely N-dealkylation sites (N-methyl/N-ethyl adjacent to an activating group) is 1. The molecule has 0 atom stereocenters. The first-order valence-electron chi connectivity index (χ1n) is 5.46.